The number of nitrogens with one attached hydrogen (secondary N) is 3. The van der Waals surface area contributed by atoms with Gasteiger partial charge in [-0.3, -0.25) is 19.2 Å². The van der Waals surface area contributed by atoms with Crippen molar-refractivity contribution in [2.24, 2.45) is 5.92 Å². The average Bonchev–Trinajstić information content (AvgIpc) is 2.76. The van der Waals surface area contributed by atoms with Gasteiger partial charge in [0.25, 0.3) is 11.8 Å². The lowest BCUT2D eigenvalue weighted by atomic mass is 9.98. The number of hydrogen-bond acceptors (Lipinski definition) is 4. The third-order valence-corrected chi connectivity index (χ3v) is 5.44. The molecule has 0 aromatic heterocycles. The number of rotatable bonds is 10. The fraction of sp³-hybridized carbons (Fsp3) is 0.448. The Kier molecular flexibility index (Phi) is 9.96. The molecule has 2 aromatic carbocycles. The second kappa shape index (κ2) is 12.5. The van der Waals surface area contributed by atoms with E-state index in [0.717, 1.165) is 16.7 Å². The zero-order chi connectivity index (χ0) is 27.0. The first-order valence-corrected chi connectivity index (χ1v) is 12.3. The molecular formula is C29H39N3O4. The maximum absolute atomic E-state index is 13.4. The fourth-order valence-electron chi connectivity index (χ4n) is 3.94. The monoisotopic (exact) mass is 493 g/mol. The maximum Gasteiger partial charge on any atom is 0.290 e. The number of hydrogen-bond donors (Lipinski definition) is 3. The highest BCUT2D eigenvalue weighted by Gasteiger charge is 2.32. The number of benzene rings is 2. The van der Waals surface area contributed by atoms with Crippen molar-refractivity contribution < 1.29 is 19.2 Å². The van der Waals surface area contributed by atoms with Gasteiger partial charge >= 0.3 is 0 Å². The molecule has 2 aromatic rings. The summed E-state index contributed by atoms with van der Waals surface area (Å²) in [7, 11) is 0. The van der Waals surface area contributed by atoms with Crippen LogP contribution in [-0.4, -0.2) is 41.1 Å². The van der Waals surface area contributed by atoms with Gasteiger partial charge in [0.05, 0.1) is 0 Å². The molecule has 0 fully saturated rings. The van der Waals surface area contributed by atoms with E-state index in [1.165, 1.54) is 0 Å². The van der Waals surface area contributed by atoms with Crippen LogP contribution < -0.4 is 16.0 Å². The number of carbonyl (C=O) groups is 4. The summed E-state index contributed by atoms with van der Waals surface area (Å²) >= 11 is 0. The largest absolute Gasteiger partial charge is 0.345 e. The number of carbonyl (C=O) groups excluding carboxylic acids is 4. The van der Waals surface area contributed by atoms with Crippen LogP contribution in [0.1, 0.15) is 68.1 Å². The number of aryl methyl sites for hydroxylation is 2. The smallest absolute Gasteiger partial charge is 0.290 e. The normalized spacial score (nSPS) is 13.0. The van der Waals surface area contributed by atoms with Crippen LogP contribution in [0, 0.1) is 19.8 Å². The summed E-state index contributed by atoms with van der Waals surface area (Å²) in [5.41, 5.74) is 2.57. The summed E-state index contributed by atoms with van der Waals surface area (Å²) in [5.74, 6) is -2.25. The van der Waals surface area contributed by atoms with Crippen molar-refractivity contribution in [1.82, 2.24) is 16.0 Å². The molecule has 0 radical (unpaired) electrons. The van der Waals surface area contributed by atoms with Crippen molar-refractivity contribution in [3.8, 4) is 0 Å². The molecule has 0 saturated heterocycles. The Morgan fingerprint density at radius 3 is 1.94 bits per heavy atom. The van der Waals surface area contributed by atoms with Crippen LogP contribution in [0.4, 0.5) is 0 Å². The van der Waals surface area contributed by atoms with Gasteiger partial charge in [0.2, 0.25) is 11.7 Å². The van der Waals surface area contributed by atoms with E-state index in [1.54, 1.807) is 32.9 Å². The molecule has 0 saturated carbocycles. The topological polar surface area (TPSA) is 104 Å². The second-order valence-corrected chi connectivity index (χ2v) is 10.9. The Morgan fingerprint density at radius 2 is 1.42 bits per heavy atom. The van der Waals surface area contributed by atoms with Crippen molar-refractivity contribution in [2.75, 3.05) is 0 Å². The van der Waals surface area contributed by atoms with Crippen molar-refractivity contribution in [1.29, 1.82) is 0 Å². The average molecular weight is 494 g/mol. The summed E-state index contributed by atoms with van der Waals surface area (Å²) in [5, 5.41) is 8.26. The second-order valence-electron chi connectivity index (χ2n) is 10.9. The van der Waals surface area contributed by atoms with Gasteiger partial charge < -0.3 is 16.0 Å². The SMILES string of the molecule is Cc1cc(C)cc(C(=O)N[C@@H](CC(C)C)C(=O)NC(Cc2ccccc2)C(=O)C(=O)NC(C)(C)C)c1. The molecular weight excluding hydrogens is 454 g/mol. The number of amides is 3. The van der Waals surface area contributed by atoms with E-state index in [0.29, 0.717) is 12.0 Å². The summed E-state index contributed by atoms with van der Waals surface area (Å²) in [4.78, 5) is 52.2. The number of Topliss-reactive ketones (excluding diaryl/α,β-unsaturated/α-hetero) is 1. The molecule has 0 aliphatic heterocycles. The zero-order valence-electron chi connectivity index (χ0n) is 22.4. The minimum Gasteiger partial charge on any atom is -0.345 e. The lowest BCUT2D eigenvalue weighted by Gasteiger charge is -2.25. The van der Waals surface area contributed by atoms with Gasteiger partial charge in [-0.25, -0.2) is 0 Å². The highest BCUT2D eigenvalue weighted by molar-refractivity contribution is 6.38. The van der Waals surface area contributed by atoms with Gasteiger partial charge in [-0.15, -0.1) is 0 Å². The van der Waals surface area contributed by atoms with E-state index in [9.17, 15) is 19.2 Å². The first-order chi connectivity index (χ1) is 16.7. The molecule has 194 valence electrons. The quantitative estimate of drug-likeness (QED) is 0.439. The van der Waals surface area contributed by atoms with Gasteiger partial charge in [0.15, 0.2) is 0 Å². The fourth-order valence-corrected chi connectivity index (χ4v) is 3.94. The molecule has 3 amide bonds. The summed E-state index contributed by atoms with van der Waals surface area (Å²) in [6.45, 7) is 13.1. The number of ketones is 1. The molecule has 1 unspecified atom stereocenters. The molecule has 3 N–H and O–H groups in total. The van der Waals surface area contributed by atoms with Crippen LogP contribution >= 0.6 is 0 Å². The molecule has 0 aliphatic rings. The first-order valence-electron chi connectivity index (χ1n) is 12.3. The summed E-state index contributed by atoms with van der Waals surface area (Å²) in [6.07, 6.45) is 0.533. The zero-order valence-corrected chi connectivity index (χ0v) is 22.4. The van der Waals surface area contributed by atoms with E-state index in [1.807, 2.05) is 64.1 Å². The first kappa shape index (κ1) is 28.8. The van der Waals surface area contributed by atoms with Crippen LogP contribution in [0.2, 0.25) is 0 Å². The van der Waals surface area contributed by atoms with E-state index >= 15 is 0 Å². The van der Waals surface area contributed by atoms with Crippen LogP contribution in [0.5, 0.6) is 0 Å². The molecule has 0 bridgehead atoms. The van der Waals surface area contributed by atoms with Crippen molar-refractivity contribution >= 4 is 23.5 Å². The van der Waals surface area contributed by atoms with Gasteiger partial charge in [0, 0.05) is 17.5 Å². The predicted octanol–water partition coefficient (Wildman–Crippen LogP) is 3.66. The van der Waals surface area contributed by atoms with Crippen LogP contribution in [-0.2, 0) is 20.8 Å². The Hall–Kier alpha value is -3.48. The molecule has 2 atom stereocenters. The Labute approximate surface area is 214 Å². The Bertz CT molecular complexity index is 1070. The highest BCUT2D eigenvalue weighted by Crippen LogP contribution is 2.12. The van der Waals surface area contributed by atoms with Gasteiger partial charge in [0.1, 0.15) is 12.1 Å². The van der Waals surface area contributed by atoms with Crippen LogP contribution in [0.25, 0.3) is 0 Å². The van der Waals surface area contributed by atoms with Crippen molar-refractivity contribution in [2.45, 2.75) is 78.9 Å². The van der Waals surface area contributed by atoms with Crippen LogP contribution in [0.3, 0.4) is 0 Å². The van der Waals surface area contributed by atoms with Crippen molar-refractivity contribution in [3.63, 3.8) is 0 Å². The van der Waals surface area contributed by atoms with Crippen molar-refractivity contribution in [3.05, 3.63) is 70.8 Å². The minimum atomic E-state index is -1.07. The highest BCUT2D eigenvalue weighted by atomic mass is 16.2. The van der Waals surface area contributed by atoms with Gasteiger partial charge in [-0.05, 0) is 64.7 Å². The molecule has 2 rings (SSSR count). The van der Waals surface area contributed by atoms with E-state index in [2.05, 4.69) is 16.0 Å². The van der Waals surface area contributed by atoms with E-state index in [-0.39, 0.29) is 18.2 Å². The summed E-state index contributed by atoms with van der Waals surface area (Å²) < 4.78 is 0. The maximum atomic E-state index is 13.4. The molecule has 0 spiro atoms. The summed E-state index contributed by atoms with van der Waals surface area (Å²) in [6, 6.07) is 12.8. The standard InChI is InChI=1S/C29H39N3O4/c1-18(2)13-24(31-26(34)22-15-19(3)14-20(4)16-22)27(35)30-23(17-21-11-9-8-10-12-21)25(33)28(36)32-29(5,6)7/h8-12,14-16,18,23-24H,13,17H2,1-7H3,(H,30,35)(H,31,34)(H,32,36)/t23?,24-/m0/s1. The minimum absolute atomic E-state index is 0.104. The molecule has 36 heavy (non-hydrogen) atoms. The third kappa shape index (κ3) is 9.29. The van der Waals surface area contributed by atoms with Crippen LogP contribution in [0.15, 0.2) is 48.5 Å². The molecule has 0 heterocycles. The third-order valence-electron chi connectivity index (χ3n) is 5.44. The lowest BCUT2D eigenvalue weighted by Crippen LogP contribution is -2.56. The Morgan fingerprint density at radius 1 is 0.833 bits per heavy atom. The van der Waals surface area contributed by atoms with E-state index in [4.69, 9.17) is 0 Å². The van der Waals surface area contributed by atoms with Gasteiger partial charge in [-0.2, -0.15) is 0 Å². The van der Waals surface area contributed by atoms with Gasteiger partial charge in [-0.1, -0.05) is 61.4 Å². The lowest BCUT2D eigenvalue weighted by molar-refractivity contribution is -0.141. The molecule has 7 nitrogen and oxygen atoms in total. The predicted molar refractivity (Wildman–Crippen MR) is 142 cm³/mol. The molecule has 7 heteroatoms. The Balaban J connectivity index is 2.27. The van der Waals surface area contributed by atoms with E-state index < -0.39 is 35.2 Å². The molecule has 0 aliphatic carbocycles.